The van der Waals surface area contributed by atoms with Gasteiger partial charge in [0.15, 0.2) is 0 Å². The smallest absolute Gasteiger partial charge is 0.303 e. The van der Waals surface area contributed by atoms with Crippen molar-refractivity contribution in [3.63, 3.8) is 0 Å². The third-order valence-electron chi connectivity index (χ3n) is 4.02. The topological polar surface area (TPSA) is 83.6 Å². The number of nitrogens with two attached hydrogens (primary N) is 1. The molecule has 1 rings (SSSR count). The molecule has 0 aromatic heterocycles. The van der Waals surface area contributed by atoms with Crippen molar-refractivity contribution in [1.82, 2.24) is 4.90 Å². The molecule has 1 amide bonds. The van der Waals surface area contributed by atoms with Crippen LogP contribution in [-0.4, -0.2) is 41.5 Å². The molecule has 19 heavy (non-hydrogen) atoms. The normalized spacial score (nSPS) is 20.5. The molecule has 0 aromatic carbocycles. The van der Waals surface area contributed by atoms with Gasteiger partial charge >= 0.3 is 5.97 Å². The average molecular weight is 270 g/mol. The van der Waals surface area contributed by atoms with E-state index in [-0.39, 0.29) is 18.2 Å². The van der Waals surface area contributed by atoms with Gasteiger partial charge in [0.25, 0.3) is 0 Å². The molecule has 2 unspecified atom stereocenters. The first-order chi connectivity index (χ1) is 9.06. The largest absolute Gasteiger partial charge is 0.481 e. The molecular weight excluding hydrogens is 244 g/mol. The molecule has 5 nitrogen and oxygen atoms in total. The molecule has 5 heteroatoms. The zero-order chi connectivity index (χ0) is 14.3. The molecule has 0 radical (unpaired) electrons. The number of hydrogen-bond donors (Lipinski definition) is 2. The molecule has 1 saturated heterocycles. The van der Waals surface area contributed by atoms with Gasteiger partial charge in [-0.05, 0) is 37.6 Å². The van der Waals surface area contributed by atoms with Crippen LogP contribution < -0.4 is 5.73 Å². The van der Waals surface area contributed by atoms with E-state index in [1.54, 1.807) is 0 Å². The van der Waals surface area contributed by atoms with E-state index in [2.05, 4.69) is 6.92 Å². The molecule has 0 bridgehead atoms. The summed E-state index contributed by atoms with van der Waals surface area (Å²) in [6.45, 7) is 4.13. The van der Waals surface area contributed by atoms with Crippen LogP contribution in [0.5, 0.6) is 0 Å². The quantitative estimate of drug-likeness (QED) is 0.699. The second kappa shape index (κ2) is 8.15. The molecule has 0 aliphatic carbocycles. The Labute approximate surface area is 115 Å². The van der Waals surface area contributed by atoms with Crippen molar-refractivity contribution in [1.29, 1.82) is 0 Å². The fraction of sp³-hybridized carbons (Fsp3) is 0.857. The minimum atomic E-state index is -0.770. The van der Waals surface area contributed by atoms with Crippen LogP contribution >= 0.6 is 0 Å². The summed E-state index contributed by atoms with van der Waals surface area (Å²) >= 11 is 0. The maximum absolute atomic E-state index is 12.0. The van der Waals surface area contributed by atoms with Gasteiger partial charge in [0, 0.05) is 25.9 Å². The Morgan fingerprint density at radius 1 is 1.42 bits per heavy atom. The summed E-state index contributed by atoms with van der Waals surface area (Å²) in [6, 6.07) is 0. The summed E-state index contributed by atoms with van der Waals surface area (Å²) in [6.07, 6.45) is 4.50. The van der Waals surface area contributed by atoms with Gasteiger partial charge in [-0.3, -0.25) is 9.59 Å². The predicted octanol–water partition coefficient (Wildman–Crippen LogP) is 1.46. The molecular formula is C14H26N2O3. The molecule has 0 aromatic rings. The minimum Gasteiger partial charge on any atom is -0.481 e. The van der Waals surface area contributed by atoms with Crippen LogP contribution in [0.1, 0.15) is 45.4 Å². The van der Waals surface area contributed by atoms with Crippen molar-refractivity contribution in [3.05, 3.63) is 0 Å². The monoisotopic (exact) mass is 270 g/mol. The van der Waals surface area contributed by atoms with Crippen LogP contribution in [0.4, 0.5) is 0 Å². The number of carboxylic acid groups (broad SMARTS) is 1. The van der Waals surface area contributed by atoms with E-state index >= 15 is 0 Å². The van der Waals surface area contributed by atoms with Crippen LogP contribution in [-0.2, 0) is 9.59 Å². The fourth-order valence-corrected chi connectivity index (χ4v) is 2.75. The highest BCUT2D eigenvalue weighted by atomic mass is 16.4. The lowest BCUT2D eigenvalue weighted by molar-refractivity contribution is -0.138. The maximum Gasteiger partial charge on any atom is 0.303 e. The summed E-state index contributed by atoms with van der Waals surface area (Å²) in [4.78, 5) is 24.5. The van der Waals surface area contributed by atoms with Crippen LogP contribution in [0.3, 0.4) is 0 Å². The van der Waals surface area contributed by atoms with Gasteiger partial charge in [0.1, 0.15) is 0 Å². The first-order valence-electron chi connectivity index (χ1n) is 7.26. The Kier molecular flexibility index (Phi) is 6.84. The number of aliphatic carboxylic acids is 1. The Morgan fingerprint density at radius 2 is 2.16 bits per heavy atom. The molecule has 1 fully saturated rings. The summed E-state index contributed by atoms with van der Waals surface area (Å²) in [5.74, 6) is 0.0653. The highest BCUT2D eigenvalue weighted by Crippen LogP contribution is 2.22. The van der Waals surface area contributed by atoms with Gasteiger partial charge < -0.3 is 15.7 Å². The number of amides is 1. The van der Waals surface area contributed by atoms with Crippen LogP contribution in [0.2, 0.25) is 0 Å². The number of hydrogen-bond acceptors (Lipinski definition) is 3. The summed E-state index contributed by atoms with van der Waals surface area (Å²) in [5, 5.41) is 8.75. The van der Waals surface area contributed by atoms with Gasteiger partial charge in [-0.2, -0.15) is 0 Å². The van der Waals surface area contributed by atoms with E-state index in [9.17, 15) is 9.59 Å². The minimum absolute atomic E-state index is 0.132. The highest BCUT2D eigenvalue weighted by molar-refractivity contribution is 5.76. The van der Waals surface area contributed by atoms with E-state index in [4.69, 9.17) is 10.8 Å². The van der Waals surface area contributed by atoms with Gasteiger partial charge in [-0.1, -0.05) is 13.3 Å². The van der Waals surface area contributed by atoms with E-state index in [0.717, 1.165) is 25.7 Å². The lowest BCUT2D eigenvalue weighted by Crippen LogP contribution is -2.29. The molecule has 1 aliphatic heterocycles. The standard InChI is InChI=1S/C14H26N2O3/c1-2-11(5-7-15)3-4-13(17)16-8-6-12(10-16)9-14(18)19/h11-12H,2-10,15H2,1H3,(H,18,19). The van der Waals surface area contributed by atoms with E-state index in [1.165, 1.54) is 0 Å². The van der Waals surface area contributed by atoms with E-state index < -0.39 is 5.97 Å². The van der Waals surface area contributed by atoms with Gasteiger partial charge in [-0.25, -0.2) is 0 Å². The fourth-order valence-electron chi connectivity index (χ4n) is 2.75. The summed E-state index contributed by atoms with van der Waals surface area (Å²) in [5.41, 5.74) is 5.55. The number of nitrogens with zero attached hydrogens (tertiary/aromatic N) is 1. The van der Waals surface area contributed by atoms with Gasteiger partial charge in [0.05, 0.1) is 0 Å². The molecule has 1 aliphatic rings. The SMILES string of the molecule is CCC(CCN)CCC(=O)N1CCC(CC(=O)O)C1. The maximum atomic E-state index is 12.0. The van der Waals surface area contributed by atoms with Crippen molar-refractivity contribution in [2.75, 3.05) is 19.6 Å². The number of likely N-dealkylation sites (tertiary alicyclic amines) is 1. The van der Waals surface area contributed by atoms with E-state index in [1.807, 2.05) is 4.90 Å². The van der Waals surface area contributed by atoms with Crippen LogP contribution in [0.15, 0.2) is 0 Å². The molecule has 0 saturated carbocycles. The summed E-state index contributed by atoms with van der Waals surface area (Å²) in [7, 11) is 0. The Balaban J connectivity index is 2.29. The number of carbonyl (C=O) groups excluding carboxylic acids is 1. The lowest BCUT2D eigenvalue weighted by Gasteiger charge is -2.18. The predicted molar refractivity (Wildman–Crippen MR) is 73.6 cm³/mol. The Hall–Kier alpha value is -1.10. The number of carbonyl (C=O) groups is 2. The van der Waals surface area contributed by atoms with Crippen LogP contribution in [0.25, 0.3) is 0 Å². The highest BCUT2D eigenvalue weighted by Gasteiger charge is 2.27. The second-order valence-electron chi connectivity index (χ2n) is 5.48. The van der Waals surface area contributed by atoms with Crippen molar-refractivity contribution < 1.29 is 14.7 Å². The second-order valence-corrected chi connectivity index (χ2v) is 5.48. The first kappa shape index (κ1) is 16.0. The lowest BCUT2D eigenvalue weighted by atomic mass is 9.96. The van der Waals surface area contributed by atoms with Gasteiger partial charge in [-0.15, -0.1) is 0 Å². The molecule has 0 spiro atoms. The molecule has 3 N–H and O–H groups in total. The third kappa shape index (κ3) is 5.59. The van der Waals surface area contributed by atoms with Crippen molar-refractivity contribution >= 4 is 11.9 Å². The van der Waals surface area contributed by atoms with Crippen molar-refractivity contribution in [2.24, 2.45) is 17.6 Å². The zero-order valence-electron chi connectivity index (χ0n) is 11.8. The van der Waals surface area contributed by atoms with E-state index in [0.29, 0.717) is 32.0 Å². The molecule has 110 valence electrons. The summed E-state index contributed by atoms with van der Waals surface area (Å²) < 4.78 is 0. The molecule has 1 heterocycles. The van der Waals surface area contributed by atoms with Gasteiger partial charge in [0.2, 0.25) is 5.91 Å². The average Bonchev–Trinajstić information content (AvgIpc) is 2.81. The Morgan fingerprint density at radius 3 is 2.74 bits per heavy atom. The number of rotatable bonds is 8. The Bertz CT molecular complexity index is 307. The third-order valence-corrected chi connectivity index (χ3v) is 4.02. The van der Waals surface area contributed by atoms with Crippen molar-refractivity contribution in [3.8, 4) is 0 Å². The van der Waals surface area contributed by atoms with Crippen molar-refractivity contribution in [2.45, 2.75) is 45.4 Å². The zero-order valence-corrected chi connectivity index (χ0v) is 11.8. The van der Waals surface area contributed by atoms with Crippen LogP contribution in [0, 0.1) is 11.8 Å². The molecule has 2 atom stereocenters. The number of carboxylic acids is 1. The first-order valence-corrected chi connectivity index (χ1v) is 7.26.